The molecule has 1 atom stereocenters. The quantitative estimate of drug-likeness (QED) is 0.234. The van der Waals surface area contributed by atoms with Crippen LogP contribution in [0.15, 0.2) is 78.9 Å². The molecule has 2 aliphatic rings. The lowest BCUT2D eigenvalue weighted by molar-refractivity contribution is 0.0470. The highest BCUT2D eigenvalue weighted by atomic mass is 16.3. The second-order valence-corrected chi connectivity index (χ2v) is 13.2. The van der Waals surface area contributed by atoms with Crippen LogP contribution in [0.3, 0.4) is 0 Å². The molecule has 2 amide bonds. The summed E-state index contributed by atoms with van der Waals surface area (Å²) < 4.78 is 0. The maximum absolute atomic E-state index is 13.1. The van der Waals surface area contributed by atoms with Crippen molar-refractivity contribution in [1.29, 1.82) is 0 Å². The van der Waals surface area contributed by atoms with Gasteiger partial charge in [-0.1, -0.05) is 86.6 Å². The van der Waals surface area contributed by atoms with Gasteiger partial charge in [0.15, 0.2) is 5.78 Å². The standard InChI is InChI=1S/C38H49N3O3/c1-27(2)36(42)32-17-16-30-21-24-41(25-22-31(30)26-32)23-20-29-14-18-35(19-15-29)40-37(43)39-28(3)38(44,33-10-6-4-7-11-33)34-12-8-5-9-13-34/h4-13,16-17,26-29,35,44H,14-15,18-25H2,1-3H3,(H2,39,40,43)/t28-,29?,35?/m1/s1. The van der Waals surface area contributed by atoms with Crippen LogP contribution in [0.4, 0.5) is 4.79 Å². The molecule has 3 aromatic carbocycles. The lowest BCUT2D eigenvalue weighted by atomic mass is 9.81. The first-order valence-corrected chi connectivity index (χ1v) is 16.5. The minimum absolute atomic E-state index is 0.0258. The number of ketones is 1. The third kappa shape index (κ3) is 7.59. The Morgan fingerprint density at radius 3 is 2.02 bits per heavy atom. The number of carbonyl (C=O) groups is 2. The van der Waals surface area contributed by atoms with Crippen molar-refractivity contribution < 1.29 is 14.7 Å². The van der Waals surface area contributed by atoms with Crippen molar-refractivity contribution in [2.75, 3.05) is 19.6 Å². The number of hydrogen-bond acceptors (Lipinski definition) is 4. The lowest BCUT2D eigenvalue weighted by Gasteiger charge is -2.36. The number of urea groups is 1. The minimum Gasteiger partial charge on any atom is -0.378 e. The summed E-state index contributed by atoms with van der Waals surface area (Å²) in [6, 6.07) is 24.8. The first-order valence-electron chi connectivity index (χ1n) is 16.5. The van der Waals surface area contributed by atoms with Crippen molar-refractivity contribution in [3.05, 3.63) is 107 Å². The number of benzene rings is 3. The first-order chi connectivity index (χ1) is 21.2. The zero-order valence-corrected chi connectivity index (χ0v) is 26.6. The molecule has 44 heavy (non-hydrogen) atoms. The molecule has 0 saturated heterocycles. The minimum atomic E-state index is -1.35. The molecule has 1 aliphatic heterocycles. The molecule has 6 nitrogen and oxygen atoms in total. The predicted octanol–water partition coefficient (Wildman–Crippen LogP) is 6.50. The number of aliphatic hydroxyl groups is 1. The van der Waals surface area contributed by atoms with Crippen molar-refractivity contribution in [1.82, 2.24) is 15.5 Å². The molecule has 1 heterocycles. The van der Waals surface area contributed by atoms with E-state index in [1.807, 2.05) is 87.5 Å². The summed E-state index contributed by atoms with van der Waals surface area (Å²) in [5, 5.41) is 18.2. The van der Waals surface area contributed by atoms with Gasteiger partial charge in [0.1, 0.15) is 5.60 Å². The number of nitrogens with zero attached hydrogens (tertiary/aromatic N) is 1. The van der Waals surface area contributed by atoms with Crippen molar-refractivity contribution in [3.63, 3.8) is 0 Å². The number of amides is 2. The normalized spacial score (nSPS) is 19.9. The molecule has 3 aromatic rings. The molecular weight excluding hydrogens is 546 g/mol. The van der Waals surface area contributed by atoms with E-state index in [-0.39, 0.29) is 23.8 Å². The van der Waals surface area contributed by atoms with Gasteiger partial charge in [-0.3, -0.25) is 4.79 Å². The molecule has 0 spiro atoms. The topological polar surface area (TPSA) is 81.7 Å². The summed E-state index contributed by atoms with van der Waals surface area (Å²) in [5.74, 6) is 0.932. The summed E-state index contributed by atoms with van der Waals surface area (Å²) in [5.41, 5.74) is 3.73. The van der Waals surface area contributed by atoms with Crippen LogP contribution < -0.4 is 10.6 Å². The number of carbonyl (C=O) groups excluding carboxylic acids is 2. The van der Waals surface area contributed by atoms with Crippen LogP contribution in [-0.4, -0.2) is 53.5 Å². The van der Waals surface area contributed by atoms with Gasteiger partial charge in [-0.05, 0) is 92.7 Å². The maximum atomic E-state index is 13.1. The zero-order chi connectivity index (χ0) is 31.1. The first kappa shape index (κ1) is 31.9. The molecule has 1 aliphatic carbocycles. The van der Waals surface area contributed by atoms with E-state index < -0.39 is 11.6 Å². The lowest BCUT2D eigenvalue weighted by Crippen LogP contribution is -2.54. The molecule has 0 bridgehead atoms. The van der Waals surface area contributed by atoms with Gasteiger partial charge in [0.2, 0.25) is 0 Å². The van der Waals surface area contributed by atoms with E-state index in [0.29, 0.717) is 5.92 Å². The van der Waals surface area contributed by atoms with E-state index in [1.54, 1.807) is 0 Å². The molecule has 0 unspecified atom stereocenters. The van der Waals surface area contributed by atoms with Gasteiger partial charge in [0.05, 0.1) is 6.04 Å². The summed E-state index contributed by atoms with van der Waals surface area (Å²) in [6.07, 6.45) is 7.42. The average Bonchev–Trinajstić information content (AvgIpc) is 3.26. The number of hydrogen-bond donors (Lipinski definition) is 3. The van der Waals surface area contributed by atoms with Crippen LogP contribution in [0.5, 0.6) is 0 Å². The third-order valence-electron chi connectivity index (χ3n) is 9.85. The summed E-state index contributed by atoms with van der Waals surface area (Å²) in [4.78, 5) is 28.2. The van der Waals surface area contributed by atoms with E-state index in [9.17, 15) is 14.7 Å². The summed E-state index contributed by atoms with van der Waals surface area (Å²) in [6.45, 7) is 9.01. The molecule has 5 rings (SSSR count). The Bertz CT molecular complexity index is 1340. The van der Waals surface area contributed by atoms with E-state index in [2.05, 4.69) is 27.7 Å². The van der Waals surface area contributed by atoms with Gasteiger partial charge >= 0.3 is 6.03 Å². The number of rotatable bonds is 10. The fourth-order valence-electron chi connectivity index (χ4n) is 7.02. The SMILES string of the molecule is CC(C)C(=O)c1ccc2c(c1)CCN(CCC1CCC(NC(=O)N[C@H](C)C(O)(c3ccccc3)c3ccccc3)CC1)CC2. The van der Waals surface area contributed by atoms with Gasteiger partial charge in [-0.25, -0.2) is 4.79 Å². The van der Waals surface area contributed by atoms with Gasteiger partial charge in [0, 0.05) is 30.6 Å². The second-order valence-electron chi connectivity index (χ2n) is 13.2. The molecule has 0 radical (unpaired) electrons. The Hall–Kier alpha value is -3.48. The molecule has 0 aromatic heterocycles. The molecule has 1 fully saturated rings. The average molecular weight is 596 g/mol. The monoisotopic (exact) mass is 595 g/mol. The Labute approximate surface area is 263 Å². The highest BCUT2D eigenvalue weighted by Gasteiger charge is 2.38. The van der Waals surface area contributed by atoms with Crippen molar-refractivity contribution >= 4 is 11.8 Å². The van der Waals surface area contributed by atoms with E-state index in [0.717, 1.165) is 74.8 Å². The molecule has 6 heteroatoms. The van der Waals surface area contributed by atoms with Crippen LogP contribution in [0.25, 0.3) is 0 Å². The molecular formula is C38H49N3O3. The molecule has 234 valence electrons. The van der Waals surface area contributed by atoms with E-state index >= 15 is 0 Å². The van der Waals surface area contributed by atoms with Gasteiger partial charge in [0.25, 0.3) is 0 Å². The van der Waals surface area contributed by atoms with Crippen LogP contribution >= 0.6 is 0 Å². The number of fused-ring (bicyclic) bond motifs is 1. The fraction of sp³-hybridized carbons (Fsp3) is 0.474. The zero-order valence-electron chi connectivity index (χ0n) is 26.6. The van der Waals surface area contributed by atoms with Crippen molar-refractivity contribution in [2.24, 2.45) is 11.8 Å². The summed E-state index contributed by atoms with van der Waals surface area (Å²) >= 11 is 0. The number of Topliss-reactive ketones (excluding diaryl/α,β-unsaturated/α-hetero) is 1. The maximum Gasteiger partial charge on any atom is 0.315 e. The summed E-state index contributed by atoms with van der Waals surface area (Å²) in [7, 11) is 0. The van der Waals surface area contributed by atoms with Crippen LogP contribution in [0, 0.1) is 11.8 Å². The molecule has 1 saturated carbocycles. The Balaban J connectivity index is 1.07. The van der Waals surface area contributed by atoms with Crippen LogP contribution in [-0.2, 0) is 18.4 Å². The second kappa shape index (κ2) is 14.5. The third-order valence-corrected chi connectivity index (χ3v) is 9.85. The van der Waals surface area contributed by atoms with Crippen LogP contribution in [0.2, 0.25) is 0 Å². The molecule has 3 N–H and O–H groups in total. The predicted molar refractivity (Wildman–Crippen MR) is 177 cm³/mol. The van der Waals surface area contributed by atoms with E-state index in [4.69, 9.17) is 0 Å². The smallest absolute Gasteiger partial charge is 0.315 e. The Kier molecular flexibility index (Phi) is 10.5. The largest absolute Gasteiger partial charge is 0.378 e. The highest BCUT2D eigenvalue weighted by molar-refractivity contribution is 5.97. The van der Waals surface area contributed by atoms with Crippen molar-refractivity contribution in [3.8, 4) is 0 Å². The van der Waals surface area contributed by atoms with Crippen molar-refractivity contribution in [2.45, 2.75) is 83.4 Å². The van der Waals surface area contributed by atoms with Gasteiger partial charge < -0.3 is 20.6 Å². The Morgan fingerprint density at radius 2 is 1.43 bits per heavy atom. The fourth-order valence-corrected chi connectivity index (χ4v) is 7.02. The number of nitrogens with one attached hydrogen (secondary N) is 2. The van der Waals surface area contributed by atoms with Crippen LogP contribution in [0.1, 0.15) is 85.5 Å². The van der Waals surface area contributed by atoms with Gasteiger partial charge in [-0.2, -0.15) is 0 Å². The van der Waals surface area contributed by atoms with Gasteiger partial charge in [-0.15, -0.1) is 0 Å². The van der Waals surface area contributed by atoms with E-state index in [1.165, 1.54) is 17.5 Å². The Morgan fingerprint density at radius 1 is 0.841 bits per heavy atom. The highest BCUT2D eigenvalue weighted by Crippen LogP contribution is 2.33.